The molecule has 0 bridgehead atoms. The van der Waals surface area contributed by atoms with Gasteiger partial charge in [-0.3, -0.25) is 9.36 Å². The highest BCUT2D eigenvalue weighted by Crippen LogP contribution is 2.27. The molecule has 1 saturated heterocycles. The molecule has 7 heteroatoms. The quantitative estimate of drug-likeness (QED) is 0.384. The number of para-hydroxylation sites is 2. The summed E-state index contributed by atoms with van der Waals surface area (Å²) in [5, 5.41) is 0.552. The molecule has 1 aliphatic heterocycles. The average Bonchev–Trinajstić information content (AvgIpc) is 3.49. The highest BCUT2D eigenvalue weighted by molar-refractivity contribution is 6.04. The SMILES string of the molecule is CCc1nc2c(c(=O)n1CCc1ccccc1)c1nc3ccccc3nc1n2CC1CCCO1. The molecule has 1 unspecified atom stereocenters. The molecule has 0 N–H and O–H groups in total. The van der Waals surface area contributed by atoms with E-state index in [9.17, 15) is 4.79 Å². The predicted molar refractivity (Wildman–Crippen MR) is 133 cm³/mol. The Kier molecular flexibility index (Phi) is 5.34. The monoisotopic (exact) mass is 453 g/mol. The van der Waals surface area contributed by atoms with Gasteiger partial charge in [0, 0.05) is 19.6 Å². The summed E-state index contributed by atoms with van der Waals surface area (Å²) < 4.78 is 9.81. The molecule has 2 aromatic carbocycles. The number of rotatable bonds is 6. The van der Waals surface area contributed by atoms with Crippen LogP contribution in [0.15, 0.2) is 59.4 Å². The van der Waals surface area contributed by atoms with Gasteiger partial charge < -0.3 is 9.30 Å². The summed E-state index contributed by atoms with van der Waals surface area (Å²) in [4.78, 5) is 28.8. The summed E-state index contributed by atoms with van der Waals surface area (Å²) in [6.45, 7) is 4.02. The second kappa shape index (κ2) is 8.65. The standard InChI is InChI=1S/C27H27N5O2/c1-2-22-30-25-23(27(33)31(22)15-14-18-9-4-3-5-10-18)24-26(32(25)17-19-11-8-16-34-19)29-21-13-7-6-12-20(21)28-24/h3-7,9-10,12-13,19H,2,8,11,14-17H2,1H3. The molecule has 6 rings (SSSR count). The van der Waals surface area contributed by atoms with Gasteiger partial charge in [-0.2, -0.15) is 0 Å². The van der Waals surface area contributed by atoms with Gasteiger partial charge >= 0.3 is 0 Å². The molecule has 4 heterocycles. The van der Waals surface area contributed by atoms with Crippen LogP contribution >= 0.6 is 0 Å². The molecule has 0 radical (unpaired) electrons. The van der Waals surface area contributed by atoms with Crippen molar-refractivity contribution in [3.63, 3.8) is 0 Å². The van der Waals surface area contributed by atoms with E-state index in [1.165, 1.54) is 5.56 Å². The van der Waals surface area contributed by atoms with Crippen LogP contribution in [-0.2, 0) is 30.7 Å². The van der Waals surface area contributed by atoms with Gasteiger partial charge in [-0.25, -0.2) is 15.0 Å². The van der Waals surface area contributed by atoms with Crippen molar-refractivity contribution in [2.45, 2.75) is 51.8 Å². The predicted octanol–water partition coefficient (Wildman–Crippen LogP) is 4.28. The lowest BCUT2D eigenvalue weighted by atomic mass is 10.1. The second-order valence-corrected chi connectivity index (χ2v) is 8.90. The number of benzene rings is 2. The number of nitrogens with zero attached hydrogens (tertiary/aromatic N) is 5. The van der Waals surface area contributed by atoms with E-state index in [4.69, 9.17) is 19.7 Å². The van der Waals surface area contributed by atoms with Crippen LogP contribution in [-0.4, -0.2) is 36.8 Å². The third-order valence-electron chi connectivity index (χ3n) is 6.72. The van der Waals surface area contributed by atoms with E-state index in [1.807, 2.05) is 54.0 Å². The summed E-state index contributed by atoms with van der Waals surface area (Å²) in [5.74, 6) is 0.786. The van der Waals surface area contributed by atoms with Crippen LogP contribution in [0.1, 0.15) is 31.2 Å². The Bertz CT molecular complexity index is 1550. The van der Waals surface area contributed by atoms with Crippen molar-refractivity contribution in [1.82, 2.24) is 24.1 Å². The van der Waals surface area contributed by atoms with Crippen molar-refractivity contribution >= 4 is 33.2 Å². The molecule has 3 aromatic heterocycles. The fourth-order valence-electron chi connectivity index (χ4n) is 4.99. The Morgan fingerprint density at radius 1 is 0.941 bits per heavy atom. The van der Waals surface area contributed by atoms with Gasteiger partial charge in [-0.15, -0.1) is 0 Å². The zero-order valence-corrected chi connectivity index (χ0v) is 19.3. The number of fused-ring (bicyclic) bond motifs is 4. The number of ether oxygens (including phenoxy) is 1. The minimum absolute atomic E-state index is 0.0431. The van der Waals surface area contributed by atoms with Crippen LogP contribution in [0.25, 0.3) is 33.2 Å². The highest BCUT2D eigenvalue weighted by atomic mass is 16.5. The molecule has 5 aromatic rings. The molecule has 0 aliphatic carbocycles. The zero-order valence-electron chi connectivity index (χ0n) is 19.3. The van der Waals surface area contributed by atoms with E-state index in [2.05, 4.69) is 16.7 Å². The largest absolute Gasteiger partial charge is 0.376 e. The van der Waals surface area contributed by atoms with Gasteiger partial charge in [-0.1, -0.05) is 49.4 Å². The van der Waals surface area contributed by atoms with Crippen molar-refractivity contribution in [3.05, 3.63) is 76.3 Å². The van der Waals surface area contributed by atoms with Crippen molar-refractivity contribution in [3.8, 4) is 0 Å². The molecule has 0 saturated carbocycles. The van der Waals surface area contributed by atoms with Crippen LogP contribution in [0.5, 0.6) is 0 Å². The van der Waals surface area contributed by atoms with Crippen LogP contribution in [0.3, 0.4) is 0 Å². The fraction of sp³-hybridized carbons (Fsp3) is 0.333. The molecule has 1 fully saturated rings. The molecular formula is C27H27N5O2. The van der Waals surface area contributed by atoms with Crippen molar-refractivity contribution in [2.24, 2.45) is 0 Å². The van der Waals surface area contributed by atoms with Crippen molar-refractivity contribution in [2.75, 3.05) is 6.61 Å². The van der Waals surface area contributed by atoms with Crippen LogP contribution in [0, 0.1) is 0 Å². The molecule has 0 spiro atoms. The minimum atomic E-state index is -0.0431. The number of hydrogen-bond donors (Lipinski definition) is 0. The molecule has 34 heavy (non-hydrogen) atoms. The number of hydrogen-bond acceptors (Lipinski definition) is 5. The summed E-state index contributed by atoms with van der Waals surface area (Å²) in [6.07, 6.45) is 3.58. The summed E-state index contributed by atoms with van der Waals surface area (Å²) >= 11 is 0. The fourth-order valence-corrected chi connectivity index (χ4v) is 4.99. The molecule has 0 amide bonds. The number of aryl methyl sites for hydroxylation is 2. The lowest BCUT2D eigenvalue weighted by Gasteiger charge is -2.14. The van der Waals surface area contributed by atoms with Crippen molar-refractivity contribution < 1.29 is 4.74 Å². The van der Waals surface area contributed by atoms with Crippen LogP contribution in [0.2, 0.25) is 0 Å². The van der Waals surface area contributed by atoms with Crippen LogP contribution < -0.4 is 5.56 Å². The second-order valence-electron chi connectivity index (χ2n) is 8.90. The maximum absolute atomic E-state index is 13.9. The lowest BCUT2D eigenvalue weighted by molar-refractivity contribution is 0.0986. The Morgan fingerprint density at radius 2 is 1.71 bits per heavy atom. The third-order valence-corrected chi connectivity index (χ3v) is 6.72. The molecule has 1 atom stereocenters. The van der Waals surface area contributed by atoms with Crippen molar-refractivity contribution in [1.29, 1.82) is 0 Å². The summed E-state index contributed by atoms with van der Waals surface area (Å²) in [7, 11) is 0. The molecule has 1 aliphatic rings. The van der Waals surface area contributed by atoms with Crippen LogP contribution in [0.4, 0.5) is 0 Å². The lowest BCUT2D eigenvalue weighted by Crippen LogP contribution is -2.26. The van der Waals surface area contributed by atoms with E-state index in [1.54, 1.807) is 0 Å². The Hall–Kier alpha value is -3.58. The minimum Gasteiger partial charge on any atom is -0.376 e. The van der Waals surface area contributed by atoms with E-state index in [0.29, 0.717) is 41.7 Å². The maximum atomic E-state index is 13.9. The zero-order chi connectivity index (χ0) is 23.1. The van der Waals surface area contributed by atoms with E-state index in [-0.39, 0.29) is 11.7 Å². The molecule has 172 valence electrons. The van der Waals surface area contributed by atoms with Gasteiger partial charge in [0.05, 0.1) is 23.7 Å². The van der Waals surface area contributed by atoms with Gasteiger partial charge in [0.2, 0.25) is 0 Å². The first-order valence-electron chi connectivity index (χ1n) is 12.1. The Labute approximate surface area is 197 Å². The normalized spacial score (nSPS) is 16.2. The first-order chi connectivity index (χ1) is 16.7. The summed E-state index contributed by atoms with van der Waals surface area (Å²) in [6, 6.07) is 18.0. The Morgan fingerprint density at radius 3 is 2.44 bits per heavy atom. The topological polar surface area (TPSA) is 74.8 Å². The van der Waals surface area contributed by atoms with E-state index in [0.717, 1.165) is 42.7 Å². The van der Waals surface area contributed by atoms with E-state index < -0.39 is 0 Å². The van der Waals surface area contributed by atoms with Gasteiger partial charge in [0.25, 0.3) is 5.56 Å². The van der Waals surface area contributed by atoms with E-state index >= 15 is 0 Å². The average molecular weight is 454 g/mol. The van der Waals surface area contributed by atoms with Gasteiger partial charge in [0.15, 0.2) is 11.3 Å². The molecular weight excluding hydrogens is 426 g/mol. The summed E-state index contributed by atoms with van der Waals surface area (Å²) in [5.41, 5.74) is 4.74. The first kappa shape index (κ1) is 21.0. The molecule has 7 nitrogen and oxygen atoms in total. The third kappa shape index (κ3) is 3.56. The van der Waals surface area contributed by atoms with Gasteiger partial charge in [0.1, 0.15) is 16.7 Å². The number of aromatic nitrogens is 5. The van der Waals surface area contributed by atoms with Gasteiger partial charge in [-0.05, 0) is 37.0 Å². The smallest absolute Gasteiger partial charge is 0.265 e. The first-order valence-corrected chi connectivity index (χ1v) is 12.1. The highest BCUT2D eigenvalue weighted by Gasteiger charge is 2.25. The Balaban J connectivity index is 1.58. The maximum Gasteiger partial charge on any atom is 0.265 e.